The number of ether oxygens (including phenoxy) is 1. The molecule has 0 aliphatic rings. The van der Waals surface area contributed by atoms with Crippen molar-refractivity contribution in [2.45, 2.75) is 26.3 Å². The van der Waals surface area contributed by atoms with Crippen LogP contribution in [0.15, 0.2) is 34.7 Å². The molecule has 20 heavy (non-hydrogen) atoms. The summed E-state index contributed by atoms with van der Waals surface area (Å²) in [5, 5.41) is 4.11. The fraction of sp³-hybridized carbons (Fsp3) is 0.375. The van der Waals surface area contributed by atoms with Crippen LogP contribution in [0, 0.1) is 0 Å². The number of hydrogen-bond donors (Lipinski definition) is 1. The first-order valence-electron chi connectivity index (χ1n) is 6.85. The summed E-state index contributed by atoms with van der Waals surface area (Å²) < 4.78 is 11.3. The van der Waals surface area contributed by atoms with Gasteiger partial charge in [0.15, 0.2) is 0 Å². The second-order valence-corrected chi connectivity index (χ2v) is 4.97. The largest absolute Gasteiger partial charge is 0.496 e. The number of nitrogens with one attached hydrogen (secondary N) is 1. The number of halogens is 1. The average molecular weight is 294 g/mol. The molecule has 0 spiro atoms. The Hall–Kier alpha value is -1.45. The molecular formula is C16H20ClNO2. The number of furan rings is 1. The van der Waals surface area contributed by atoms with E-state index in [0.29, 0.717) is 5.02 Å². The third-order valence-corrected chi connectivity index (χ3v) is 3.46. The summed E-state index contributed by atoms with van der Waals surface area (Å²) in [6.45, 7) is 4.96. The topological polar surface area (TPSA) is 34.4 Å². The maximum Gasteiger partial charge on any atom is 0.125 e. The number of aryl methyl sites for hydroxylation is 1. The summed E-state index contributed by atoms with van der Waals surface area (Å²) in [6.07, 6.45) is 0.880. The van der Waals surface area contributed by atoms with E-state index >= 15 is 0 Å². The second-order valence-electron chi connectivity index (χ2n) is 4.53. The minimum atomic E-state index is -0.0612. The maximum absolute atomic E-state index is 6.12. The molecule has 2 aromatic rings. The van der Waals surface area contributed by atoms with Crippen LogP contribution in [-0.4, -0.2) is 13.7 Å². The lowest BCUT2D eigenvalue weighted by atomic mass is 10.0. The number of hydrogen-bond acceptors (Lipinski definition) is 3. The number of rotatable bonds is 6. The molecule has 0 amide bonds. The van der Waals surface area contributed by atoms with Crippen molar-refractivity contribution in [3.63, 3.8) is 0 Å². The molecule has 0 bridgehead atoms. The van der Waals surface area contributed by atoms with Gasteiger partial charge < -0.3 is 14.5 Å². The Morgan fingerprint density at radius 2 is 2.05 bits per heavy atom. The Morgan fingerprint density at radius 3 is 2.65 bits per heavy atom. The Labute approximate surface area is 124 Å². The molecular weight excluding hydrogens is 274 g/mol. The molecule has 1 atom stereocenters. The minimum Gasteiger partial charge on any atom is -0.496 e. The molecule has 0 radical (unpaired) electrons. The van der Waals surface area contributed by atoms with Crippen LogP contribution in [-0.2, 0) is 6.42 Å². The van der Waals surface area contributed by atoms with Crippen LogP contribution < -0.4 is 10.1 Å². The fourth-order valence-corrected chi connectivity index (χ4v) is 2.42. The van der Waals surface area contributed by atoms with Crippen LogP contribution >= 0.6 is 11.6 Å². The van der Waals surface area contributed by atoms with Gasteiger partial charge in [0.05, 0.1) is 13.2 Å². The third kappa shape index (κ3) is 3.17. The molecule has 3 nitrogen and oxygen atoms in total. The summed E-state index contributed by atoms with van der Waals surface area (Å²) in [6, 6.07) is 9.58. The first kappa shape index (κ1) is 14.9. The van der Waals surface area contributed by atoms with Crippen molar-refractivity contribution >= 4 is 11.6 Å². The summed E-state index contributed by atoms with van der Waals surface area (Å²) >= 11 is 6.12. The first-order valence-corrected chi connectivity index (χ1v) is 7.22. The minimum absolute atomic E-state index is 0.0612. The second kappa shape index (κ2) is 6.82. The molecule has 4 heteroatoms. The van der Waals surface area contributed by atoms with Crippen molar-refractivity contribution in [1.82, 2.24) is 5.32 Å². The molecule has 1 aromatic heterocycles. The molecule has 1 unspecified atom stereocenters. The molecule has 0 aliphatic heterocycles. The summed E-state index contributed by atoms with van der Waals surface area (Å²) in [5.41, 5.74) is 0.985. The van der Waals surface area contributed by atoms with E-state index in [1.165, 1.54) is 0 Å². The van der Waals surface area contributed by atoms with Crippen molar-refractivity contribution in [3.05, 3.63) is 52.4 Å². The zero-order valence-electron chi connectivity index (χ0n) is 12.1. The number of benzene rings is 1. The molecule has 2 rings (SSSR count). The van der Waals surface area contributed by atoms with Crippen LogP contribution in [0.3, 0.4) is 0 Å². The van der Waals surface area contributed by atoms with Crippen molar-refractivity contribution in [1.29, 1.82) is 0 Å². The zero-order chi connectivity index (χ0) is 14.5. The maximum atomic E-state index is 6.12. The monoisotopic (exact) mass is 293 g/mol. The Balaban J connectivity index is 2.44. The summed E-state index contributed by atoms with van der Waals surface area (Å²) in [5.74, 6) is 2.66. The highest BCUT2D eigenvalue weighted by molar-refractivity contribution is 6.30. The van der Waals surface area contributed by atoms with E-state index < -0.39 is 0 Å². The van der Waals surface area contributed by atoms with Crippen molar-refractivity contribution in [2.24, 2.45) is 0 Å². The van der Waals surface area contributed by atoms with E-state index in [-0.39, 0.29) is 6.04 Å². The van der Waals surface area contributed by atoms with E-state index in [0.717, 1.165) is 35.8 Å². The van der Waals surface area contributed by atoms with Crippen molar-refractivity contribution in [3.8, 4) is 5.75 Å². The van der Waals surface area contributed by atoms with Gasteiger partial charge >= 0.3 is 0 Å². The zero-order valence-corrected chi connectivity index (χ0v) is 12.8. The van der Waals surface area contributed by atoms with Gasteiger partial charge in [-0.25, -0.2) is 0 Å². The molecule has 1 N–H and O–H groups in total. The smallest absolute Gasteiger partial charge is 0.125 e. The summed E-state index contributed by atoms with van der Waals surface area (Å²) in [7, 11) is 1.66. The van der Waals surface area contributed by atoms with Gasteiger partial charge in [-0.1, -0.05) is 25.4 Å². The molecule has 108 valence electrons. The first-order chi connectivity index (χ1) is 9.69. The lowest BCUT2D eigenvalue weighted by molar-refractivity contribution is 0.388. The predicted molar refractivity (Wildman–Crippen MR) is 81.6 cm³/mol. The van der Waals surface area contributed by atoms with Gasteiger partial charge in [-0.3, -0.25) is 0 Å². The van der Waals surface area contributed by atoms with Crippen LogP contribution in [0.2, 0.25) is 5.02 Å². The van der Waals surface area contributed by atoms with Gasteiger partial charge in [0.2, 0.25) is 0 Å². The number of methoxy groups -OCH3 is 1. The summed E-state index contributed by atoms with van der Waals surface area (Å²) in [4.78, 5) is 0. The van der Waals surface area contributed by atoms with Gasteiger partial charge in [0.1, 0.15) is 17.3 Å². The van der Waals surface area contributed by atoms with E-state index in [1.807, 2.05) is 30.3 Å². The lowest BCUT2D eigenvalue weighted by Gasteiger charge is -2.19. The molecule has 0 fully saturated rings. The van der Waals surface area contributed by atoms with Crippen LogP contribution in [0.4, 0.5) is 0 Å². The van der Waals surface area contributed by atoms with Gasteiger partial charge in [-0.2, -0.15) is 0 Å². The molecule has 0 saturated heterocycles. The molecule has 0 aliphatic carbocycles. The molecule has 1 heterocycles. The molecule has 0 saturated carbocycles. The fourth-order valence-electron chi connectivity index (χ4n) is 2.24. The van der Waals surface area contributed by atoms with Crippen LogP contribution in [0.5, 0.6) is 5.75 Å². The highest BCUT2D eigenvalue weighted by atomic mass is 35.5. The van der Waals surface area contributed by atoms with Gasteiger partial charge in [0, 0.05) is 17.0 Å². The van der Waals surface area contributed by atoms with E-state index in [1.54, 1.807) is 7.11 Å². The standard InChI is InChI=1S/C16H20ClNO2/c1-4-12-7-9-15(20-12)16(18-5-2)13-10-11(17)6-8-14(13)19-3/h6-10,16,18H,4-5H2,1-3H3. The SMILES string of the molecule is CCNC(c1ccc(CC)o1)c1cc(Cl)ccc1OC. The van der Waals surface area contributed by atoms with Crippen LogP contribution in [0.1, 0.15) is 37.0 Å². The highest BCUT2D eigenvalue weighted by Crippen LogP contribution is 2.33. The average Bonchev–Trinajstić information content (AvgIpc) is 2.93. The van der Waals surface area contributed by atoms with Gasteiger partial charge in [0.25, 0.3) is 0 Å². The van der Waals surface area contributed by atoms with E-state index in [9.17, 15) is 0 Å². The Bertz CT molecular complexity index is 565. The lowest BCUT2D eigenvalue weighted by Crippen LogP contribution is -2.22. The highest BCUT2D eigenvalue weighted by Gasteiger charge is 2.21. The molecule has 1 aromatic carbocycles. The van der Waals surface area contributed by atoms with Crippen molar-refractivity contribution in [2.75, 3.05) is 13.7 Å². The van der Waals surface area contributed by atoms with Gasteiger partial charge in [-0.05, 0) is 36.9 Å². The van der Waals surface area contributed by atoms with E-state index in [4.69, 9.17) is 20.8 Å². The quantitative estimate of drug-likeness (QED) is 0.866. The normalized spacial score (nSPS) is 12.4. The predicted octanol–water partition coefficient (Wildman–Crippen LogP) is 4.20. The van der Waals surface area contributed by atoms with Crippen molar-refractivity contribution < 1.29 is 9.15 Å². The third-order valence-electron chi connectivity index (χ3n) is 3.23. The van der Waals surface area contributed by atoms with Gasteiger partial charge in [-0.15, -0.1) is 0 Å². The van der Waals surface area contributed by atoms with E-state index in [2.05, 4.69) is 19.2 Å². The Morgan fingerprint density at radius 1 is 1.25 bits per heavy atom. The Kier molecular flexibility index (Phi) is 5.10. The van der Waals surface area contributed by atoms with Crippen LogP contribution in [0.25, 0.3) is 0 Å².